The Bertz CT molecular complexity index is 1160. The molecule has 2 aliphatic heterocycles. The van der Waals surface area contributed by atoms with Crippen molar-refractivity contribution in [1.29, 1.82) is 0 Å². The van der Waals surface area contributed by atoms with E-state index < -0.39 is 0 Å². The molecule has 1 unspecified atom stereocenters. The van der Waals surface area contributed by atoms with Gasteiger partial charge < -0.3 is 9.80 Å². The second-order valence-electron chi connectivity index (χ2n) is 12.2. The highest BCUT2D eigenvalue weighted by Gasteiger charge is 2.25. The Kier molecular flexibility index (Phi) is 7.93. The monoisotopic (exact) mass is 494 g/mol. The summed E-state index contributed by atoms with van der Waals surface area (Å²) < 4.78 is 0. The van der Waals surface area contributed by atoms with E-state index in [1.165, 1.54) is 67.7 Å². The van der Waals surface area contributed by atoms with Crippen LogP contribution in [0.5, 0.6) is 0 Å². The van der Waals surface area contributed by atoms with Gasteiger partial charge in [-0.3, -0.25) is 0 Å². The molecule has 0 aliphatic carbocycles. The molecule has 0 radical (unpaired) electrons. The first kappa shape index (κ1) is 25.9. The Morgan fingerprint density at radius 1 is 0.757 bits per heavy atom. The molecule has 1 atom stereocenters. The number of rotatable bonds is 9. The van der Waals surface area contributed by atoms with Gasteiger partial charge >= 0.3 is 0 Å². The van der Waals surface area contributed by atoms with E-state index in [-0.39, 0.29) is 0 Å². The average molecular weight is 495 g/mol. The summed E-state index contributed by atoms with van der Waals surface area (Å²) in [6.07, 6.45) is 7.44. The number of anilines is 3. The standard InChI is InChI=1S/C35H46N2/c1-25(2)24-37(33-17-15-29(16-18-33)26(3)4)34-12-6-9-28(21-34)14-13-27(5)32-22-30-10-7-19-36-20-8-11-31(23-32)35(30)36/h6,9,12,15-18,21-23,25-27H,7-8,10-11,13-14,19-20,24H2,1-5H3. The van der Waals surface area contributed by atoms with Crippen LogP contribution in [0.4, 0.5) is 17.1 Å². The van der Waals surface area contributed by atoms with Crippen LogP contribution in [0, 0.1) is 5.92 Å². The van der Waals surface area contributed by atoms with Gasteiger partial charge in [0, 0.05) is 36.7 Å². The summed E-state index contributed by atoms with van der Waals surface area (Å²) in [5.41, 5.74) is 11.8. The maximum Gasteiger partial charge on any atom is 0.0431 e. The van der Waals surface area contributed by atoms with Gasteiger partial charge in [0.15, 0.2) is 0 Å². The fourth-order valence-corrected chi connectivity index (χ4v) is 6.31. The molecule has 0 aromatic heterocycles. The van der Waals surface area contributed by atoms with Crippen molar-refractivity contribution in [2.24, 2.45) is 5.92 Å². The molecule has 0 saturated heterocycles. The van der Waals surface area contributed by atoms with Crippen molar-refractivity contribution in [3.8, 4) is 0 Å². The summed E-state index contributed by atoms with van der Waals surface area (Å²) in [5.74, 6) is 1.73. The third kappa shape index (κ3) is 5.89. The van der Waals surface area contributed by atoms with Crippen molar-refractivity contribution in [3.63, 3.8) is 0 Å². The molecule has 3 aromatic carbocycles. The Labute approximate surface area is 225 Å². The van der Waals surface area contributed by atoms with E-state index >= 15 is 0 Å². The van der Waals surface area contributed by atoms with E-state index in [9.17, 15) is 0 Å². The third-order valence-corrected chi connectivity index (χ3v) is 8.43. The lowest BCUT2D eigenvalue weighted by atomic mass is 9.85. The second-order valence-corrected chi connectivity index (χ2v) is 12.2. The van der Waals surface area contributed by atoms with E-state index in [4.69, 9.17) is 0 Å². The van der Waals surface area contributed by atoms with Crippen LogP contribution in [0.25, 0.3) is 0 Å². The summed E-state index contributed by atoms with van der Waals surface area (Å²) in [4.78, 5) is 5.15. The van der Waals surface area contributed by atoms with Crippen LogP contribution in [0.1, 0.15) is 93.5 Å². The Morgan fingerprint density at radius 2 is 1.43 bits per heavy atom. The van der Waals surface area contributed by atoms with Crippen LogP contribution in [0.2, 0.25) is 0 Å². The Balaban J connectivity index is 1.32. The largest absolute Gasteiger partial charge is 0.371 e. The van der Waals surface area contributed by atoms with Gasteiger partial charge in [0.05, 0.1) is 0 Å². The molecule has 0 N–H and O–H groups in total. The highest BCUT2D eigenvalue weighted by Crippen LogP contribution is 2.38. The van der Waals surface area contributed by atoms with Crippen molar-refractivity contribution < 1.29 is 0 Å². The van der Waals surface area contributed by atoms with Crippen molar-refractivity contribution in [2.45, 2.75) is 85.0 Å². The first-order valence-corrected chi connectivity index (χ1v) is 14.8. The predicted octanol–water partition coefficient (Wildman–Crippen LogP) is 9.04. The number of nitrogens with zero attached hydrogens (tertiary/aromatic N) is 2. The maximum atomic E-state index is 2.65. The maximum absolute atomic E-state index is 2.65. The molecule has 0 bridgehead atoms. The van der Waals surface area contributed by atoms with Gasteiger partial charge in [-0.25, -0.2) is 0 Å². The number of hydrogen-bond acceptors (Lipinski definition) is 2. The molecular weight excluding hydrogens is 448 g/mol. The van der Waals surface area contributed by atoms with Crippen molar-refractivity contribution >= 4 is 17.1 Å². The third-order valence-electron chi connectivity index (χ3n) is 8.43. The zero-order chi connectivity index (χ0) is 25.9. The van der Waals surface area contributed by atoms with E-state index in [1.54, 1.807) is 22.4 Å². The van der Waals surface area contributed by atoms with Crippen LogP contribution in [0.3, 0.4) is 0 Å². The van der Waals surface area contributed by atoms with Crippen LogP contribution in [-0.4, -0.2) is 19.6 Å². The zero-order valence-corrected chi connectivity index (χ0v) is 23.8. The lowest BCUT2D eigenvalue weighted by Gasteiger charge is -2.37. The summed E-state index contributed by atoms with van der Waals surface area (Å²) in [5, 5.41) is 0. The molecule has 0 spiro atoms. The highest BCUT2D eigenvalue weighted by atomic mass is 15.1. The minimum atomic E-state index is 0.561. The van der Waals surface area contributed by atoms with E-state index in [0.29, 0.717) is 17.8 Å². The van der Waals surface area contributed by atoms with Crippen molar-refractivity contribution in [2.75, 3.05) is 29.4 Å². The number of hydrogen-bond donors (Lipinski definition) is 0. The molecule has 2 nitrogen and oxygen atoms in total. The normalized spacial score (nSPS) is 15.7. The van der Waals surface area contributed by atoms with Gasteiger partial charge in [-0.2, -0.15) is 0 Å². The summed E-state index contributed by atoms with van der Waals surface area (Å²) >= 11 is 0. The molecule has 37 heavy (non-hydrogen) atoms. The van der Waals surface area contributed by atoms with Gasteiger partial charge in [-0.1, -0.05) is 71.0 Å². The van der Waals surface area contributed by atoms with Crippen molar-refractivity contribution in [1.82, 2.24) is 0 Å². The Hall–Kier alpha value is -2.74. The molecular formula is C35H46N2. The molecule has 0 amide bonds. The summed E-state index contributed by atoms with van der Waals surface area (Å²) in [6, 6.07) is 23.6. The molecule has 0 saturated carbocycles. The fourth-order valence-electron chi connectivity index (χ4n) is 6.31. The van der Waals surface area contributed by atoms with E-state index in [1.807, 2.05) is 0 Å². The topological polar surface area (TPSA) is 6.48 Å². The second kappa shape index (κ2) is 11.3. The summed E-state index contributed by atoms with van der Waals surface area (Å²) in [7, 11) is 0. The SMILES string of the molecule is CC(C)CN(c1ccc(C(C)C)cc1)c1cccc(CCC(C)c2cc3c4c(c2)CCCN4CCC3)c1. The van der Waals surface area contributed by atoms with Crippen LogP contribution >= 0.6 is 0 Å². The first-order chi connectivity index (χ1) is 17.9. The van der Waals surface area contributed by atoms with Crippen molar-refractivity contribution in [3.05, 3.63) is 88.5 Å². The quantitative estimate of drug-likeness (QED) is 0.293. The molecule has 196 valence electrons. The highest BCUT2D eigenvalue weighted by molar-refractivity contribution is 5.65. The van der Waals surface area contributed by atoms with Gasteiger partial charge in [0.1, 0.15) is 0 Å². The van der Waals surface area contributed by atoms with E-state index in [2.05, 4.69) is 105 Å². The van der Waals surface area contributed by atoms with Gasteiger partial charge in [-0.15, -0.1) is 0 Å². The zero-order valence-electron chi connectivity index (χ0n) is 23.8. The van der Waals surface area contributed by atoms with E-state index in [0.717, 1.165) is 13.0 Å². The lowest BCUT2D eigenvalue weighted by molar-refractivity contribution is 0.625. The molecule has 2 heterocycles. The fraction of sp³-hybridized carbons (Fsp3) is 0.486. The Morgan fingerprint density at radius 3 is 2.05 bits per heavy atom. The number of aryl methyl sites for hydroxylation is 3. The molecule has 2 heteroatoms. The summed E-state index contributed by atoms with van der Waals surface area (Å²) in [6.45, 7) is 15.1. The minimum Gasteiger partial charge on any atom is -0.371 e. The van der Waals surface area contributed by atoms with Crippen LogP contribution < -0.4 is 9.80 Å². The smallest absolute Gasteiger partial charge is 0.0431 e. The van der Waals surface area contributed by atoms with Gasteiger partial charge in [0.2, 0.25) is 0 Å². The molecule has 5 rings (SSSR count). The first-order valence-electron chi connectivity index (χ1n) is 14.8. The predicted molar refractivity (Wildman–Crippen MR) is 161 cm³/mol. The van der Waals surface area contributed by atoms with Gasteiger partial charge in [0.25, 0.3) is 0 Å². The average Bonchev–Trinajstić information content (AvgIpc) is 2.91. The van der Waals surface area contributed by atoms with Crippen LogP contribution in [-0.2, 0) is 19.3 Å². The van der Waals surface area contributed by atoms with Crippen LogP contribution in [0.15, 0.2) is 60.7 Å². The van der Waals surface area contributed by atoms with Gasteiger partial charge in [-0.05, 0) is 108 Å². The molecule has 0 fully saturated rings. The lowest BCUT2D eigenvalue weighted by Crippen LogP contribution is -2.34. The minimum absolute atomic E-state index is 0.561. The molecule has 3 aromatic rings. The number of benzene rings is 3. The molecule has 2 aliphatic rings.